The molecule has 2 aliphatic heterocycles. The van der Waals surface area contributed by atoms with Gasteiger partial charge in [0.15, 0.2) is 0 Å². The first-order valence-electron chi connectivity index (χ1n) is 9.30. The van der Waals surface area contributed by atoms with Crippen LogP contribution in [-0.4, -0.2) is 46.5 Å². The van der Waals surface area contributed by atoms with Gasteiger partial charge in [0.2, 0.25) is 5.91 Å². The Morgan fingerprint density at radius 1 is 1.33 bits per heavy atom. The number of rotatable bonds is 5. The molecule has 0 aliphatic carbocycles. The molecule has 132 valence electrons. The molecule has 2 unspecified atom stereocenters. The Morgan fingerprint density at radius 2 is 2.12 bits per heavy atom. The van der Waals surface area contributed by atoms with Crippen molar-refractivity contribution in [3.63, 3.8) is 0 Å². The second-order valence-corrected chi connectivity index (χ2v) is 6.88. The van der Waals surface area contributed by atoms with Crippen molar-refractivity contribution in [2.45, 2.75) is 57.9 Å². The number of carbonyl (C=O) groups excluding carboxylic acids is 1. The normalized spacial score (nSPS) is 25.2. The summed E-state index contributed by atoms with van der Waals surface area (Å²) in [6.45, 7) is 6.76. The van der Waals surface area contributed by atoms with Crippen molar-refractivity contribution in [1.82, 2.24) is 25.7 Å². The van der Waals surface area contributed by atoms with Crippen molar-refractivity contribution < 1.29 is 4.79 Å². The number of aryl methyl sites for hydroxylation is 1. The van der Waals surface area contributed by atoms with E-state index >= 15 is 0 Å². The first kappa shape index (κ1) is 17.3. The fraction of sp³-hybridized carbons (Fsp3) is 0.722. The van der Waals surface area contributed by atoms with Crippen molar-refractivity contribution in [1.29, 1.82) is 0 Å². The number of hydrogen-bond donors (Lipinski definition) is 2. The number of nitrogens with one attached hydrogen (secondary N) is 2. The van der Waals surface area contributed by atoms with Gasteiger partial charge in [-0.2, -0.15) is 0 Å². The summed E-state index contributed by atoms with van der Waals surface area (Å²) in [6.07, 6.45) is 6.63. The van der Waals surface area contributed by atoms with Crippen LogP contribution in [0.2, 0.25) is 0 Å². The number of hydrogen-bond acceptors (Lipinski definition) is 5. The van der Waals surface area contributed by atoms with Crippen LogP contribution in [0.25, 0.3) is 0 Å². The molecule has 2 saturated heterocycles. The lowest BCUT2D eigenvalue weighted by Crippen LogP contribution is -2.45. The zero-order valence-electron chi connectivity index (χ0n) is 14.8. The summed E-state index contributed by atoms with van der Waals surface area (Å²) in [6, 6.07) is 2.44. The first-order chi connectivity index (χ1) is 11.7. The second-order valence-electron chi connectivity index (χ2n) is 6.88. The SMILES string of the molecule is CCCc1nccc(C2CNNC2C2CCN(C(=O)CC)CC2)n1. The number of carbonyl (C=O) groups is 1. The average Bonchev–Trinajstić information content (AvgIpc) is 3.11. The fourth-order valence-electron chi connectivity index (χ4n) is 3.95. The summed E-state index contributed by atoms with van der Waals surface area (Å²) in [5.74, 6) is 2.18. The second kappa shape index (κ2) is 8.03. The molecule has 2 N–H and O–H groups in total. The van der Waals surface area contributed by atoms with E-state index in [1.54, 1.807) is 0 Å². The molecule has 2 aliphatic rings. The lowest BCUT2D eigenvalue weighted by atomic mass is 9.82. The maximum absolute atomic E-state index is 11.9. The predicted molar refractivity (Wildman–Crippen MR) is 93.3 cm³/mol. The van der Waals surface area contributed by atoms with Crippen LogP contribution < -0.4 is 10.9 Å². The largest absolute Gasteiger partial charge is 0.343 e. The Bertz CT molecular complexity index is 556. The van der Waals surface area contributed by atoms with Crippen LogP contribution in [0.4, 0.5) is 0 Å². The number of amides is 1. The maximum atomic E-state index is 11.9. The summed E-state index contributed by atoms with van der Waals surface area (Å²) in [7, 11) is 0. The first-order valence-corrected chi connectivity index (χ1v) is 9.30. The molecule has 1 aromatic rings. The van der Waals surface area contributed by atoms with E-state index in [1.165, 1.54) is 0 Å². The van der Waals surface area contributed by atoms with Gasteiger partial charge in [0.05, 0.1) is 5.69 Å². The minimum atomic E-state index is 0.280. The van der Waals surface area contributed by atoms with Gasteiger partial charge in [-0.15, -0.1) is 0 Å². The van der Waals surface area contributed by atoms with Gasteiger partial charge in [-0.05, 0) is 31.2 Å². The molecule has 0 spiro atoms. The van der Waals surface area contributed by atoms with Gasteiger partial charge in [-0.1, -0.05) is 13.8 Å². The molecule has 2 fully saturated rings. The molecule has 6 nitrogen and oxygen atoms in total. The highest BCUT2D eigenvalue weighted by atomic mass is 16.2. The Morgan fingerprint density at radius 3 is 2.83 bits per heavy atom. The standard InChI is InChI=1S/C18H29N5O/c1-3-5-16-19-9-6-15(21-16)14-12-20-22-18(14)13-7-10-23(11-8-13)17(24)4-2/h6,9,13-14,18,20,22H,3-5,7-8,10-12H2,1-2H3. The van der Waals surface area contributed by atoms with Crippen LogP contribution in [0.15, 0.2) is 12.3 Å². The third kappa shape index (κ3) is 3.75. The molecule has 0 bridgehead atoms. The molecule has 6 heteroatoms. The quantitative estimate of drug-likeness (QED) is 0.858. The van der Waals surface area contributed by atoms with Crippen LogP contribution in [0.1, 0.15) is 57.0 Å². The van der Waals surface area contributed by atoms with E-state index in [2.05, 4.69) is 28.8 Å². The number of aromatic nitrogens is 2. The predicted octanol–water partition coefficient (Wildman–Crippen LogP) is 1.64. The monoisotopic (exact) mass is 331 g/mol. The molecule has 0 saturated carbocycles. The minimum absolute atomic E-state index is 0.280. The summed E-state index contributed by atoms with van der Waals surface area (Å²) in [5.41, 5.74) is 7.94. The fourth-order valence-corrected chi connectivity index (χ4v) is 3.95. The zero-order chi connectivity index (χ0) is 16.9. The molecule has 3 heterocycles. The number of piperidine rings is 1. The summed E-state index contributed by atoms with van der Waals surface area (Å²) < 4.78 is 0. The van der Waals surface area contributed by atoms with E-state index in [4.69, 9.17) is 4.98 Å². The number of likely N-dealkylation sites (tertiary alicyclic amines) is 1. The highest BCUT2D eigenvalue weighted by Crippen LogP contribution is 2.31. The van der Waals surface area contributed by atoms with Gasteiger partial charge in [0, 0.05) is 50.6 Å². The topological polar surface area (TPSA) is 70.2 Å². The Kier molecular flexibility index (Phi) is 5.79. The van der Waals surface area contributed by atoms with Crippen molar-refractivity contribution in [3.05, 3.63) is 23.8 Å². The summed E-state index contributed by atoms with van der Waals surface area (Å²) >= 11 is 0. The van der Waals surface area contributed by atoms with Crippen molar-refractivity contribution in [3.8, 4) is 0 Å². The van der Waals surface area contributed by atoms with Gasteiger partial charge < -0.3 is 4.90 Å². The van der Waals surface area contributed by atoms with Gasteiger partial charge in [-0.3, -0.25) is 15.6 Å². The molecule has 24 heavy (non-hydrogen) atoms. The van der Waals surface area contributed by atoms with Crippen molar-refractivity contribution >= 4 is 5.91 Å². The van der Waals surface area contributed by atoms with Gasteiger partial charge >= 0.3 is 0 Å². The molecular weight excluding hydrogens is 302 g/mol. The number of nitrogens with zero attached hydrogens (tertiary/aromatic N) is 3. The minimum Gasteiger partial charge on any atom is -0.343 e. The molecule has 0 radical (unpaired) electrons. The average molecular weight is 331 g/mol. The van der Waals surface area contributed by atoms with E-state index in [-0.39, 0.29) is 5.91 Å². The van der Waals surface area contributed by atoms with Gasteiger partial charge in [0.1, 0.15) is 5.82 Å². The number of hydrazine groups is 1. The van der Waals surface area contributed by atoms with Crippen LogP contribution in [0, 0.1) is 5.92 Å². The lowest BCUT2D eigenvalue weighted by Gasteiger charge is -2.36. The lowest BCUT2D eigenvalue weighted by molar-refractivity contribution is -0.132. The maximum Gasteiger partial charge on any atom is 0.222 e. The molecule has 0 aromatic carbocycles. The Balaban J connectivity index is 1.66. The third-order valence-corrected chi connectivity index (χ3v) is 5.31. The Hall–Kier alpha value is -1.53. The highest BCUT2D eigenvalue weighted by molar-refractivity contribution is 5.75. The van der Waals surface area contributed by atoms with Crippen molar-refractivity contribution in [2.24, 2.45) is 5.92 Å². The van der Waals surface area contributed by atoms with E-state index < -0.39 is 0 Å². The molecule has 1 amide bonds. The van der Waals surface area contributed by atoms with E-state index in [0.717, 1.165) is 56.8 Å². The summed E-state index contributed by atoms with van der Waals surface area (Å²) in [4.78, 5) is 23.0. The molecular formula is C18H29N5O. The zero-order valence-corrected chi connectivity index (χ0v) is 14.8. The third-order valence-electron chi connectivity index (χ3n) is 5.31. The van der Waals surface area contributed by atoms with E-state index in [9.17, 15) is 4.79 Å². The van der Waals surface area contributed by atoms with Crippen LogP contribution in [-0.2, 0) is 11.2 Å². The van der Waals surface area contributed by atoms with Gasteiger partial charge in [0.25, 0.3) is 0 Å². The molecule has 2 atom stereocenters. The van der Waals surface area contributed by atoms with Crippen LogP contribution >= 0.6 is 0 Å². The van der Waals surface area contributed by atoms with Gasteiger partial charge in [-0.25, -0.2) is 9.97 Å². The van der Waals surface area contributed by atoms with E-state index in [0.29, 0.717) is 24.3 Å². The van der Waals surface area contributed by atoms with Crippen molar-refractivity contribution in [2.75, 3.05) is 19.6 Å². The molecule has 1 aromatic heterocycles. The highest BCUT2D eigenvalue weighted by Gasteiger charge is 2.37. The van der Waals surface area contributed by atoms with Crippen LogP contribution in [0.3, 0.4) is 0 Å². The Labute approximate surface area is 144 Å². The molecule has 3 rings (SSSR count). The smallest absolute Gasteiger partial charge is 0.222 e. The van der Waals surface area contributed by atoms with Crippen LogP contribution in [0.5, 0.6) is 0 Å². The summed E-state index contributed by atoms with van der Waals surface area (Å²) in [5, 5.41) is 0. The van der Waals surface area contributed by atoms with E-state index in [1.807, 2.05) is 18.0 Å².